The van der Waals surface area contributed by atoms with Crippen LogP contribution in [0.25, 0.3) is 0 Å². The molecule has 0 saturated carbocycles. The molecular formula is C22H32Cl2N2O3. The van der Waals surface area contributed by atoms with Crippen LogP contribution in [-0.2, 0) is 6.42 Å². The lowest BCUT2D eigenvalue weighted by Gasteiger charge is -2.36. The molecule has 0 spiro atoms. The van der Waals surface area contributed by atoms with Crippen molar-refractivity contribution in [3.8, 4) is 11.5 Å². The van der Waals surface area contributed by atoms with Gasteiger partial charge in [-0.05, 0) is 48.4 Å². The van der Waals surface area contributed by atoms with E-state index in [9.17, 15) is 5.11 Å². The first kappa shape index (κ1) is 25.4. The third kappa shape index (κ3) is 7.59. The number of β-amino-alcohol motifs (C(OH)–C–C–N with tert-alkyl or cyclic N) is 1. The van der Waals surface area contributed by atoms with E-state index in [0.717, 1.165) is 44.1 Å². The van der Waals surface area contributed by atoms with Crippen molar-refractivity contribution in [1.29, 1.82) is 0 Å². The van der Waals surface area contributed by atoms with Gasteiger partial charge < -0.3 is 19.5 Å². The van der Waals surface area contributed by atoms with E-state index in [1.54, 1.807) is 7.11 Å². The predicted octanol–water partition coefficient (Wildman–Crippen LogP) is 3.66. The molecule has 7 heteroatoms. The van der Waals surface area contributed by atoms with E-state index in [0.29, 0.717) is 13.2 Å². The van der Waals surface area contributed by atoms with Crippen LogP contribution in [0.4, 0.5) is 5.69 Å². The summed E-state index contributed by atoms with van der Waals surface area (Å²) in [5, 5.41) is 10.3. The van der Waals surface area contributed by atoms with Gasteiger partial charge in [0.1, 0.15) is 24.2 Å². The number of rotatable bonds is 8. The lowest BCUT2D eigenvalue weighted by molar-refractivity contribution is 0.0663. The zero-order valence-electron chi connectivity index (χ0n) is 17.1. The maximum absolute atomic E-state index is 10.3. The number of aryl methyl sites for hydroxylation is 1. The van der Waals surface area contributed by atoms with E-state index in [-0.39, 0.29) is 24.8 Å². The van der Waals surface area contributed by atoms with Crippen LogP contribution in [0.3, 0.4) is 0 Å². The third-order valence-corrected chi connectivity index (χ3v) is 5.05. The van der Waals surface area contributed by atoms with E-state index < -0.39 is 6.10 Å². The van der Waals surface area contributed by atoms with Gasteiger partial charge in [0.15, 0.2) is 0 Å². The van der Waals surface area contributed by atoms with Crippen molar-refractivity contribution in [3.63, 3.8) is 0 Å². The molecule has 1 atom stereocenters. The number of anilines is 1. The fourth-order valence-electron chi connectivity index (χ4n) is 3.35. The Morgan fingerprint density at radius 3 is 2.03 bits per heavy atom. The molecule has 0 aliphatic carbocycles. The van der Waals surface area contributed by atoms with Crippen LogP contribution < -0.4 is 14.4 Å². The van der Waals surface area contributed by atoms with Crippen molar-refractivity contribution < 1.29 is 14.6 Å². The number of methoxy groups -OCH3 is 1. The maximum Gasteiger partial charge on any atom is 0.119 e. The average molecular weight is 443 g/mol. The number of halogens is 2. The summed E-state index contributed by atoms with van der Waals surface area (Å²) in [5.41, 5.74) is 2.51. The van der Waals surface area contributed by atoms with E-state index in [1.165, 1.54) is 11.3 Å². The summed E-state index contributed by atoms with van der Waals surface area (Å²) in [7, 11) is 1.68. The van der Waals surface area contributed by atoms with Gasteiger partial charge in [-0.2, -0.15) is 0 Å². The van der Waals surface area contributed by atoms with E-state index in [1.807, 2.05) is 24.3 Å². The van der Waals surface area contributed by atoms with Gasteiger partial charge in [-0.25, -0.2) is 0 Å². The normalized spacial score (nSPS) is 15.1. The standard InChI is InChI=1S/C22H30N2O3.2ClH/c1-3-18-4-8-22(9-5-18)27-17-20(25)16-23-12-14-24(15-13-23)19-6-10-21(26-2)11-7-19;;/h4-11,20,25H,3,12-17H2,1-2H3;2*1H. The Kier molecular flexibility index (Phi) is 11.2. The summed E-state index contributed by atoms with van der Waals surface area (Å²) in [6, 6.07) is 16.3. The molecule has 1 heterocycles. The van der Waals surface area contributed by atoms with Crippen LogP contribution in [0.2, 0.25) is 0 Å². The number of benzene rings is 2. The van der Waals surface area contributed by atoms with Gasteiger partial charge in [-0.1, -0.05) is 19.1 Å². The van der Waals surface area contributed by atoms with Gasteiger partial charge in [0, 0.05) is 38.4 Å². The second-order valence-electron chi connectivity index (χ2n) is 6.95. The van der Waals surface area contributed by atoms with Crippen LogP contribution in [0.15, 0.2) is 48.5 Å². The van der Waals surface area contributed by atoms with Crippen LogP contribution in [-0.4, -0.2) is 62.6 Å². The van der Waals surface area contributed by atoms with Crippen molar-refractivity contribution in [2.24, 2.45) is 0 Å². The molecule has 0 aromatic heterocycles. The van der Waals surface area contributed by atoms with Crippen LogP contribution in [0, 0.1) is 0 Å². The van der Waals surface area contributed by atoms with Gasteiger partial charge in [0.2, 0.25) is 0 Å². The van der Waals surface area contributed by atoms with Gasteiger partial charge in [-0.3, -0.25) is 4.90 Å². The number of hydrogen-bond acceptors (Lipinski definition) is 5. The molecule has 1 aliphatic heterocycles. The molecular weight excluding hydrogens is 411 g/mol. The fourth-order valence-corrected chi connectivity index (χ4v) is 3.35. The van der Waals surface area contributed by atoms with Crippen molar-refractivity contribution >= 4 is 30.5 Å². The summed E-state index contributed by atoms with van der Waals surface area (Å²) in [4.78, 5) is 4.67. The lowest BCUT2D eigenvalue weighted by Crippen LogP contribution is -2.49. The molecule has 3 rings (SSSR count). The summed E-state index contributed by atoms with van der Waals surface area (Å²) in [5.74, 6) is 1.69. The Morgan fingerprint density at radius 2 is 1.48 bits per heavy atom. The van der Waals surface area contributed by atoms with Crippen molar-refractivity contribution in [2.45, 2.75) is 19.4 Å². The molecule has 1 fully saturated rings. The van der Waals surface area contributed by atoms with Gasteiger partial charge >= 0.3 is 0 Å². The summed E-state index contributed by atoms with van der Waals surface area (Å²) in [6.07, 6.45) is 0.536. The number of aliphatic hydroxyl groups excluding tert-OH is 1. The number of hydrogen-bond donors (Lipinski definition) is 1. The minimum atomic E-state index is -0.483. The molecule has 0 radical (unpaired) electrons. The minimum Gasteiger partial charge on any atom is -0.497 e. The summed E-state index contributed by atoms with van der Waals surface area (Å²) < 4.78 is 10.9. The van der Waals surface area contributed by atoms with Gasteiger partial charge in [0.05, 0.1) is 7.11 Å². The van der Waals surface area contributed by atoms with Crippen molar-refractivity contribution in [2.75, 3.05) is 51.3 Å². The smallest absolute Gasteiger partial charge is 0.119 e. The molecule has 1 unspecified atom stereocenters. The first-order valence-corrected chi connectivity index (χ1v) is 9.69. The number of piperazine rings is 1. The fraction of sp³-hybridized carbons (Fsp3) is 0.455. The largest absolute Gasteiger partial charge is 0.497 e. The first-order chi connectivity index (χ1) is 13.2. The highest BCUT2D eigenvalue weighted by Crippen LogP contribution is 2.20. The number of ether oxygens (including phenoxy) is 2. The second kappa shape index (κ2) is 12.8. The summed E-state index contributed by atoms with van der Waals surface area (Å²) >= 11 is 0. The third-order valence-electron chi connectivity index (χ3n) is 5.05. The zero-order chi connectivity index (χ0) is 19.1. The minimum absolute atomic E-state index is 0. The Morgan fingerprint density at radius 1 is 0.897 bits per heavy atom. The van der Waals surface area contributed by atoms with Crippen molar-refractivity contribution in [1.82, 2.24) is 4.90 Å². The predicted molar refractivity (Wildman–Crippen MR) is 123 cm³/mol. The molecule has 1 saturated heterocycles. The monoisotopic (exact) mass is 442 g/mol. The molecule has 162 valence electrons. The van der Waals surface area contributed by atoms with Gasteiger partial charge in [-0.15, -0.1) is 24.8 Å². The lowest BCUT2D eigenvalue weighted by atomic mass is 10.2. The Hall–Kier alpha value is -1.66. The molecule has 5 nitrogen and oxygen atoms in total. The Balaban J connectivity index is 0.00000210. The number of nitrogens with zero attached hydrogens (tertiary/aromatic N) is 2. The van der Waals surface area contributed by atoms with Gasteiger partial charge in [0.25, 0.3) is 0 Å². The highest BCUT2D eigenvalue weighted by Gasteiger charge is 2.19. The topological polar surface area (TPSA) is 45.2 Å². The highest BCUT2D eigenvalue weighted by atomic mass is 35.5. The van der Waals surface area contributed by atoms with Crippen LogP contribution >= 0.6 is 24.8 Å². The molecule has 1 N–H and O–H groups in total. The highest BCUT2D eigenvalue weighted by molar-refractivity contribution is 5.85. The SMILES string of the molecule is CCc1ccc(OCC(O)CN2CCN(c3ccc(OC)cc3)CC2)cc1.Cl.Cl. The Bertz CT molecular complexity index is 690. The molecule has 0 amide bonds. The average Bonchev–Trinajstić information content (AvgIpc) is 2.73. The molecule has 29 heavy (non-hydrogen) atoms. The molecule has 2 aromatic carbocycles. The molecule has 2 aromatic rings. The first-order valence-electron chi connectivity index (χ1n) is 9.69. The van der Waals surface area contributed by atoms with E-state index in [2.05, 4.69) is 41.0 Å². The molecule has 1 aliphatic rings. The van der Waals surface area contributed by atoms with Crippen molar-refractivity contribution in [3.05, 3.63) is 54.1 Å². The van der Waals surface area contributed by atoms with E-state index >= 15 is 0 Å². The maximum atomic E-state index is 10.3. The van der Waals surface area contributed by atoms with E-state index in [4.69, 9.17) is 9.47 Å². The quantitative estimate of drug-likeness (QED) is 0.675. The number of aliphatic hydroxyl groups is 1. The molecule has 0 bridgehead atoms. The van der Waals surface area contributed by atoms with Crippen LogP contribution in [0.5, 0.6) is 11.5 Å². The van der Waals surface area contributed by atoms with Crippen LogP contribution in [0.1, 0.15) is 12.5 Å². The zero-order valence-corrected chi connectivity index (χ0v) is 18.8. The second-order valence-corrected chi connectivity index (χ2v) is 6.95. The Labute approximate surface area is 186 Å². The summed E-state index contributed by atoms with van der Waals surface area (Å²) in [6.45, 7) is 6.89.